The molecule has 22 heavy (non-hydrogen) atoms. The van der Waals surface area contributed by atoms with E-state index in [9.17, 15) is 19.5 Å². The average Bonchev–Trinajstić information content (AvgIpc) is 2.47. The van der Waals surface area contributed by atoms with E-state index >= 15 is 0 Å². The van der Waals surface area contributed by atoms with Gasteiger partial charge >= 0.3 is 0 Å². The lowest BCUT2D eigenvalue weighted by Gasteiger charge is -2.30. The number of ketones is 1. The fourth-order valence-corrected chi connectivity index (χ4v) is 2.62. The SMILES string of the molecule is CC(=O)c1ccc(NC(=O)[C@H]2CC(C)=CC[C@@H]2C(=O)[O-])cc1. The molecule has 1 amide bonds. The number of carboxylic acid groups (broad SMARTS) is 1. The van der Waals surface area contributed by atoms with Gasteiger partial charge in [-0.05, 0) is 51.0 Å². The van der Waals surface area contributed by atoms with Crippen molar-refractivity contribution < 1.29 is 19.5 Å². The number of hydrogen-bond donors (Lipinski definition) is 1. The number of Topliss-reactive ketones (excluding diaryl/α,β-unsaturated/α-hetero) is 1. The first-order valence-corrected chi connectivity index (χ1v) is 7.17. The first-order valence-electron chi connectivity index (χ1n) is 7.17. The van der Waals surface area contributed by atoms with Crippen molar-refractivity contribution in [3.8, 4) is 0 Å². The van der Waals surface area contributed by atoms with Gasteiger partial charge in [-0.15, -0.1) is 0 Å². The monoisotopic (exact) mass is 300 g/mol. The molecule has 116 valence electrons. The largest absolute Gasteiger partial charge is 0.550 e. The predicted octanol–water partition coefficient (Wildman–Crippen LogP) is 1.55. The fourth-order valence-electron chi connectivity index (χ4n) is 2.62. The van der Waals surface area contributed by atoms with E-state index in [1.54, 1.807) is 24.3 Å². The van der Waals surface area contributed by atoms with Gasteiger partial charge in [0.25, 0.3) is 0 Å². The number of allylic oxidation sites excluding steroid dienone is 2. The molecule has 5 nitrogen and oxygen atoms in total. The van der Waals surface area contributed by atoms with Crippen LogP contribution in [0.1, 0.15) is 37.0 Å². The molecular weight excluding hydrogens is 282 g/mol. The standard InChI is InChI=1S/C17H19NO4/c1-10-3-8-14(17(21)22)15(9-10)16(20)18-13-6-4-12(5-7-13)11(2)19/h3-7,14-15H,8-9H2,1-2H3,(H,18,20)(H,21,22)/p-1/t14-,15-/m0/s1. The van der Waals surface area contributed by atoms with Crippen LogP contribution < -0.4 is 10.4 Å². The zero-order chi connectivity index (χ0) is 16.3. The minimum atomic E-state index is -1.20. The average molecular weight is 300 g/mol. The summed E-state index contributed by atoms with van der Waals surface area (Å²) in [6.07, 6.45) is 2.57. The number of carbonyl (C=O) groups excluding carboxylic acids is 3. The molecule has 0 saturated heterocycles. The van der Waals surface area contributed by atoms with Crippen molar-refractivity contribution in [1.29, 1.82) is 0 Å². The summed E-state index contributed by atoms with van der Waals surface area (Å²) in [7, 11) is 0. The quantitative estimate of drug-likeness (QED) is 0.675. The van der Waals surface area contributed by atoms with Crippen molar-refractivity contribution in [3.05, 3.63) is 41.5 Å². The van der Waals surface area contributed by atoms with E-state index in [0.717, 1.165) is 5.57 Å². The molecule has 2 atom stereocenters. The number of nitrogens with one attached hydrogen (secondary N) is 1. The van der Waals surface area contributed by atoms with Gasteiger partial charge in [-0.3, -0.25) is 9.59 Å². The first kappa shape index (κ1) is 15.9. The third-order valence-corrected chi connectivity index (χ3v) is 3.95. The van der Waals surface area contributed by atoms with Crippen LogP contribution in [0.15, 0.2) is 35.9 Å². The summed E-state index contributed by atoms with van der Waals surface area (Å²) in [5, 5.41) is 13.9. The van der Waals surface area contributed by atoms with Crippen LogP contribution in [0.4, 0.5) is 5.69 Å². The summed E-state index contributed by atoms with van der Waals surface area (Å²) in [4.78, 5) is 34.8. The van der Waals surface area contributed by atoms with E-state index in [4.69, 9.17) is 0 Å². The third kappa shape index (κ3) is 3.61. The number of carbonyl (C=O) groups is 3. The Morgan fingerprint density at radius 3 is 2.32 bits per heavy atom. The minimum Gasteiger partial charge on any atom is -0.550 e. The molecule has 0 unspecified atom stereocenters. The van der Waals surface area contributed by atoms with E-state index in [1.807, 2.05) is 13.0 Å². The van der Waals surface area contributed by atoms with E-state index in [2.05, 4.69) is 5.32 Å². The Hall–Kier alpha value is -2.43. The molecule has 0 radical (unpaired) electrons. The molecular formula is C17H18NO4-. The van der Waals surface area contributed by atoms with Crippen molar-refractivity contribution in [2.45, 2.75) is 26.7 Å². The van der Waals surface area contributed by atoms with Crippen LogP contribution in [0.2, 0.25) is 0 Å². The summed E-state index contributed by atoms with van der Waals surface area (Å²) in [5.41, 5.74) is 2.10. The molecule has 5 heteroatoms. The zero-order valence-electron chi connectivity index (χ0n) is 12.6. The Balaban J connectivity index is 2.11. The molecule has 1 aliphatic rings. The molecule has 0 aromatic heterocycles. The topological polar surface area (TPSA) is 86.3 Å². The van der Waals surface area contributed by atoms with Crippen LogP contribution in [0.25, 0.3) is 0 Å². The van der Waals surface area contributed by atoms with E-state index in [0.29, 0.717) is 24.1 Å². The Kier molecular flexibility index (Phi) is 4.75. The predicted molar refractivity (Wildman–Crippen MR) is 80.1 cm³/mol. The highest BCUT2D eigenvalue weighted by Gasteiger charge is 2.31. The van der Waals surface area contributed by atoms with Crippen LogP contribution in [0, 0.1) is 11.8 Å². The van der Waals surface area contributed by atoms with E-state index in [1.165, 1.54) is 6.92 Å². The summed E-state index contributed by atoms with van der Waals surface area (Å²) in [6, 6.07) is 6.52. The highest BCUT2D eigenvalue weighted by molar-refractivity contribution is 5.97. The van der Waals surface area contributed by atoms with Crippen LogP contribution >= 0.6 is 0 Å². The Morgan fingerprint density at radius 2 is 1.77 bits per heavy atom. The van der Waals surface area contributed by atoms with Crippen LogP contribution in [-0.4, -0.2) is 17.7 Å². The molecule has 1 aromatic rings. The van der Waals surface area contributed by atoms with Gasteiger partial charge < -0.3 is 15.2 Å². The second-order valence-electron chi connectivity index (χ2n) is 5.65. The number of hydrogen-bond acceptors (Lipinski definition) is 4. The van der Waals surface area contributed by atoms with Gasteiger partial charge in [-0.2, -0.15) is 0 Å². The molecule has 0 saturated carbocycles. The minimum absolute atomic E-state index is 0.0528. The Morgan fingerprint density at radius 1 is 1.14 bits per heavy atom. The second kappa shape index (κ2) is 6.56. The van der Waals surface area contributed by atoms with E-state index in [-0.39, 0.29) is 11.7 Å². The molecule has 0 heterocycles. The van der Waals surface area contributed by atoms with Crippen LogP contribution in [-0.2, 0) is 9.59 Å². The fraction of sp³-hybridized carbons (Fsp3) is 0.353. The summed E-state index contributed by atoms with van der Waals surface area (Å²) in [6.45, 7) is 3.35. The van der Waals surface area contributed by atoms with Gasteiger partial charge in [0.2, 0.25) is 5.91 Å². The van der Waals surface area contributed by atoms with Gasteiger partial charge in [0.05, 0.1) is 5.92 Å². The molecule has 0 fully saturated rings. The highest BCUT2D eigenvalue weighted by atomic mass is 16.4. The number of benzene rings is 1. The van der Waals surface area contributed by atoms with Crippen LogP contribution in [0.5, 0.6) is 0 Å². The van der Waals surface area contributed by atoms with Gasteiger partial charge in [-0.1, -0.05) is 11.6 Å². The number of rotatable bonds is 4. The molecule has 1 aromatic carbocycles. The number of aliphatic carboxylic acids is 1. The maximum Gasteiger partial charge on any atom is 0.228 e. The molecule has 2 rings (SSSR count). The van der Waals surface area contributed by atoms with Crippen molar-refractivity contribution >= 4 is 23.3 Å². The van der Waals surface area contributed by atoms with Gasteiger partial charge in [0.15, 0.2) is 5.78 Å². The van der Waals surface area contributed by atoms with Crippen molar-refractivity contribution in [2.24, 2.45) is 11.8 Å². The Labute approximate surface area is 129 Å². The number of carboxylic acids is 1. The molecule has 1 N–H and O–H groups in total. The maximum atomic E-state index is 12.4. The smallest absolute Gasteiger partial charge is 0.228 e. The van der Waals surface area contributed by atoms with E-state index < -0.39 is 17.8 Å². The van der Waals surface area contributed by atoms with Crippen LogP contribution in [0.3, 0.4) is 0 Å². The molecule has 0 bridgehead atoms. The molecule has 0 spiro atoms. The summed E-state index contributed by atoms with van der Waals surface area (Å²) < 4.78 is 0. The lowest BCUT2D eigenvalue weighted by molar-refractivity contribution is -0.313. The third-order valence-electron chi connectivity index (χ3n) is 3.95. The van der Waals surface area contributed by atoms with Crippen molar-refractivity contribution in [3.63, 3.8) is 0 Å². The number of anilines is 1. The summed E-state index contributed by atoms with van der Waals surface area (Å²) in [5.74, 6) is -3.03. The van der Waals surface area contributed by atoms with Crippen molar-refractivity contribution in [1.82, 2.24) is 0 Å². The lowest BCUT2D eigenvalue weighted by Crippen LogP contribution is -2.42. The van der Waals surface area contributed by atoms with Crippen molar-refractivity contribution in [2.75, 3.05) is 5.32 Å². The summed E-state index contributed by atoms with van der Waals surface area (Å²) >= 11 is 0. The van der Waals surface area contributed by atoms with Gasteiger partial charge in [0.1, 0.15) is 0 Å². The second-order valence-corrected chi connectivity index (χ2v) is 5.65. The molecule has 0 aliphatic heterocycles. The Bertz CT molecular complexity index is 631. The molecule has 1 aliphatic carbocycles. The number of amides is 1. The maximum absolute atomic E-state index is 12.4. The first-order chi connectivity index (χ1) is 10.4. The highest BCUT2D eigenvalue weighted by Crippen LogP contribution is 2.30. The normalized spacial score (nSPS) is 20.9. The van der Waals surface area contributed by atoms with Gasteiger partial charge in [0, 0.05) is 23.1 Å². The van der Waals surface area contributed by atoms with Gasteiger partial charge in [-0.25, -0.2) is 0 Å². The zero-order valence-corrected chi connectivity index (χ0v) is 12.6. The lowest BCUT2D eigenvalue weighted by atomic mass is 9.79.